The molecule has 0 unspecified atom stereocenters. The van der Waals surface area contributed by atoms with Crippen LogP contribution in [0.4, 0.5) is 0 Å². The van der Waals surface area contributed by atoms with Crippen LogP contribution in [0, 0.1) is 6.92 Å². The highest BCUT2D eigenvalue weighted by Crippen LogP contribution is 2.33. The molecule has 3 rings (SSSR count). The van der Waals surface area contributed by atoms with Crippen LogP contribution >= 0.6 is 0 Å². The molecule has 0 fully saturated rings. The maximum atomic E-state index is 9.07. The number of hydrogen-bond acceptors (Lipinski definition) is 7. The third-order valence-corrected chi connectivity index (χ3v) is 3.81. The minimum absolute atomic E-state index is 0.0950. The maximum absolute atomic E-state index is 9.07. The first-order valence-electron chi connectivity index (χ1n) is 7.90. The van der Waals surface area contributed by atoms with Gasteiger partial charge in [-0.25, -0.2) is 0 Å². The quantitative estimate of drug-likeness (QED) is 0.713. The minimum atomic E-state index is 0.0950. The van der Waals surface area contributed by atoms with Crippen LogP contribution in [0.1, 0.15) is 18.6 Å². The first kappa shape index (κ1) is 16.4. The van der Waals surface area contributed by atoms with E-state index in [1.165, 1.54) is 0 Å². The Labute approximate surface area is 139 Å². The van der Waals surface area contributed by atoms with Gasteiger partial charge < -0.3 is 14.0 Å². The van der Waals surface area contributed by atoms with E-state index in [0.717, 1.165) is 12.1 Å². The molecule has 0 aliphatic carbocycles. The molecule has 126 valence electrons. The van der Waals surface area contributed by atoms with Gasteiger partial charge in [0.15, 0.2) is 0 Å². The summed E-state index contributed by atoms with van der Waals surface area (Å²) >= 11 is 0. The standard InChI is InChI=1S/C17H20N4O3/c1-3-21(9-10-22)11-14-18-19-17(23-14)15-12(2)24-20-16(15)13-7-5-4-6-8-13/h4-8,22H,3,9-11H2,1-2H3. The van der Waals surface area contributed by atoms with Crippen LogP contribution in [0.25, 0.3) is 22.7 Å². The lowest BCUT2D eigenvalue weighted by Crippen LogP contribution is -2.26. The van der Waals surface area contributed by atoms with Crippen LogP contribution < -0.4 is 0 Å². The van der Waals surface area contributed by atoms with Crippen molar-refractivity contribution in [3.05, 3.63) is 42.0 Å². The summed E-state index contributed by atoms with van der Waals surface area (Å²) in [4.78, 5) is 2.02. The van der Waals surface area contributed by atoms with Gasteiger partial charge in [-0.2, -0.15) is 0 Å². The lowest BCUT2D eigenvalue weighted by molar-refractivity contribution is 0.185. The Kier molecular flexibility index (Phi) is 5.02. The van der Waals surface area contributed by atoms with Crippen LogP contribution in [0.5, 0.6) is 0 Å². The molecule has 0 aliphatic rings. The molecule has 1 aromatic carbocycles. The molecule has 0 atom stereocenters. The van der Waals surface area contributed by atoms with Gasteiger partial charge in [0.2, 0.25) is 5.89 Å². The van der Waals surface area contributed by atoms with Crippen LogP contribution in [0.15, 0.2) is 39.3 Å². The smallest absolute Gasteiger partial charge is 0.253 e. The number of aromatic nitrogens is 3. The summed E-state index contributed by atoms with van der Waals surface area (Å²) in [6, 6.07) is 9.74. The predicted molar refractivity (Wildman–Crippen MR) is 88.0 cm³/mol. The zero-order chi connectivity index (χ0) is 16.9. The molecule has 0 amide bonds. The van der Waals surface area contributed by atoms with Gasteiger partial charge in [-0.1, -0.05) is 42.4 Å². The zero-order valence-electron chi connectivity index (χ0n) is 13.8. The molecule has 0 aliphatic heterocycles. The van der Waals surface area contributed by atoms with Crippen LogP contribution in [0.2, 0.25) is 0 Å². The van der Waals surface area contributed by atoms with Gasteiger partial charge in [-0.15, -0.1) is 10.2 Å². The fourth-order valence-corrected chi connectivity index (χ4v) is 2.52. The van der Waals surface area contributed by atoms with E-state index in [4.69, 9.17) is 14.0 Å². The van der Waals surface area contributed by atoms with Gasteiger partial charge in [0.1, 0.15) is 17.0 Å². The molecular weight excluding hydrogens is 308 g/mol. The van der Waals surface area contributed by atoms with Gasteiger partial charge in [0.25, 0.3) is 5.89 Å². The Morgan fingerprint density at radius 1 is 1.17 bits per heavy atom. The van der Waals surface area contributed by atoms with Gasteiger partial charge in [0, 0.05) is 12.1 Å². The van der Waals surface area contributed by atoms with Crippen molar-refractivity contribution in [2.45, 2.75) is 20.4 Å². The largest absolute Gasteiger partial charge is 0.419 e. The highest BCUT2D eigenvalue weighted by atomic mass is 16.5. The molecule has 2 aromatic heterocycles. The molecule has 7 nitrogen and oxygen atoms in total. The van der Waals surface area contributed by atoms with Crippen molar-refractivity contribution in [3.63, 3.8) is 0 Å². The first-order valence-corrected chi connectivity index (χ1v) is 7.90. The van der Waals surface area contributed by atoms with Crippen molar-refractivity contribution in [2.24, 2.45) is 0 Å². The SMILES string of the molecule is CCN(CCO)Cc1nnc(-c2c(-c3ccccc3)noc2C)o1. The van der Waals surface area contributed by atoms with Crippen molar-refractivity contribution in [1.29, 1.82) is 0 Å². The van der Waals surface area contributed by atoms with E-state index in [9.17, 15) is 0 Å². The Balaban J connectivity index is 1.90. The number of benzene rings is 1. The van der Waals surface area contributed by atoms with E-state index < -0.39 is 0 Å². The second-order valence-corrected chi connectivity index (χ2v) is 5.42. The molecule has 0 radical (unpaired) electrons. The third-order valence-electron chi connectivity index (χ3n) is 3.81. The molecule has 2 heterocycles. The van der Waals surface area contributed by atoms with Crippen molar-refractivity contribution in [1.82, 2.24) is 20.3 Å². The van der Waals surface area contributed by atoms with E-state index in [1.54, 1.807) is 0 Å². The van der Waals surface area contributed by atoms with E-state index in [2.05, 4.69) is 15.4 Å². The molecule has 1 N–H and O–H groups in total. The Morgan fingerprint density at radius 3 is 2.67 bits per heavy atom. The number of likely N-dealkylation sites (N-methyl/N-ethyl adjacent to an activating group) is 1. The lowest BCUT2D eigenvalue weighted by Gasteiger charge is -2.15. The van der Waals surface area contributed by atoms with Crippen LogP contribution in [-0.4, -0.2) is 45.1 Å². The maximum Gasteiger partial charge on any atom is 0.253 e. The van der Waals surface area contributed by atoms with Crippen LogP contribution in [0.3, 0.4) is 0 Å². The molecule has 0 bridgehead atoms. The van der Waals surface area contributed by atoms with Gasteiger partial charge in [0.05, 0.1) is 13.2 Å². The predicted octanol–water partition coefficient (Wildman–Crippen LogP) is 2.51. The Morgan fingerprint density at radius 2 is 1.96 bits per heavy atom. The monoisotopic (exact) mass is 328 g/mol. The summed E-state index contributed by atoms with van der Waals surface area (Å²) in [5.74, 6) is 1.52. The molecular formula is C17H20N4O3. The number of rotatable bonds is 7. The van der Waals surface area contributed by atoms with Crippen molar-refractivity contribution >= 4 is 0 Å². The highest BCUT2D eigenvalue weighted by molar-refractivity contribution is 5.77. The second-order valence-electron chi connectivity index (χ2n) is 5.42. The van der Waals surface area contributed by atoms with Gasteiger partial charge in [-0.05, 0) is 13.5 Å². The Bertz CT molecular complexity index is 782. The summed E-state index contributed by atoms with van der Waals surface area (Å²) in [7, 11) is 0. The summed E-state index contributed by atoms with van der Waals surface area (Å²) in [5, 5.41) is 21.5. The number of aliphatic hydroxyl groups is 1. The average molecular weight is 328 g/mol. The summed E-state index contributed by atoms with van der Waals surface area (Å²) in [5.41, 5.74) is 2.33. The highest BCUT2D eigenvalue weighted by Gasteiger charge is 2.22. The number of nitrogens with zero attached hydrogens (tertiary/aromatic N) is 4. The fraction of sp³-hybridized carbons (Fsp3) is 0.353. The van der Waals surface area contributed by atoms with E-state index in [-0.39, 0.29) is 6.61 Å². The molecule has 0 saturated carbocycles. The molecule has 0 spiro atoms. The van der Waals surface area contributed by atoms with Crippen molar-refractivity contribution in [3.8, 4) is 22.7 Å². The number of hydrogen-bond donors (Lipinski definition) is 1. The zero-order valence-corrected chi connectivity index (χ0v) is 13.8. The number of aryl methyl sites for hydroxylation is 1. The molecule has 24 heavy (non-hydrogen) atoms. The first-order chi connectivity index (χ1) is 11.7. The molecule has 7 heteroatoms. The second kappa shape index (κ2) is 7.37. The topological polar surface area (TPSA) is 88.4 Å². The van der Waals surface area contributed by atoms with Gasteiger partial charge >= 0.3 is 0 Å². The van der Waals surface area contributed by atoms with Crippen molar-refractivity contribution in [2.75, 3.05) is 19.7 Å². The third kappa shape index (κ3) is 3.37. The lowest BCUT2D eigenvalue weighted by atomic mass is 10.1. The summed E-state index contributed by atoms with van der Waals surface area (Å²) < 4.78 is 11.1. The average Bonchev–Trinajstić information content (AvgIpc) is 3.21. The minimum Gasteiger partial charge on any atom is -0.419 e. The number of aliphatic hydroxyl groups excluding tert-OH is 1. The van der Waals surface area contributed by atoms with E-state index >= 15 is 0 Å². The fourth-order valence-electron chi connectivity index (χ4n) is 2.52. The van der Waals surface area contributed by atoms with Crippen molar-refractivity contribution < 1.29 is 14.0 Å². The normalized spacial score (nSPS) is 11.3. The van der Waals surface area contributed by atoms with E-state index in [0.29, 0.717) is 41.9 Å². The summed E-state index contributed by atoms with van der Waals surface area (Å²) in [6.45, 7) is 5.79. The summed E-state index contributed by atoms with van der Waals surface area (Å²) in [6.07, 6.45) is 0. The molecule has 3 aromatic rings. The van der Waals surface area contributed by atoms with E-state index in [1.807, 2.05) is 49.1 Å². The van der Waals surface area contributed by atoms with Gasteiger partial charge in [-0.3, -0.25) is 4.90 Å². The Hall–Kier alpha value is -2.51. The molecule has 0 saturated heterocycles. The van der Waals surface area contributed by atoms with Crippen LogP contribution in [-0.2, 0) is 6.54 Å².